The number of carbonyl (C=O) groups is 1. The van der Waals surface area contributed by atoms with Crippen LogP contribution in [-0.4, -0.2) is 38.7 Å². The molecule has 0 aliphatic heterocycles. The first kappa shape index (κ1) is 21.8. The number of nitrogens with one attached hydrogen (secondary N) is 2. The quantitative estimate of drug-likeness (QED) is 0.377. The van der Waals surface area contributed by atoms with Gasteiger partial charge in [0.25, 0.3) is 5.91 Å². The summed E-state index contributed by atoms with van der Waals surface area (Å²) in [6.45, 7) is 5.19. The van der Waals surface area contributed by atoms with Crippen molar-refractivity contribution in [2.75, 3.05) is 18.4 Å². The minimum Gasteiger partial charge on any atom is -0.368 e. The summed E-state index contributed by atoms with van der Waals surface area (Å²) in [5.74, 6) is 1.55. The predicted molar refractivity (Wildman–Crippen MR) is 128 cm³/mol. The first-order valence-electron chi connectivity index (χ1n) is 10.7. The largest absolute Gasteiger partial charge is 0.368 e. The Hall–Kier alpha value is -3.45. The maximum absolute atomic E-state index is 12.3. The molecule has 0 aliphatic carbocycles. The molecular weight excluding hydrogens is 424 g/mol. The van der Waals surface area contributed by atoms with Crippen molar-refractivity contribution in [1.29, 1.82) is 0 Å². The smallest absolute Gasteiger partial charge is 0.251 e. The fourth-order valence-corrected chi connectivity index (χ4v) is 3.41. The summed E-state index contributed by atoms with van der Waals surface area (Å²) >= 11 is 5.88. The zero-order valence-corrected chi connectivity index (χ0v) is 18.8. The molecule has 0 saturated carbocycles. The highest BCUT2D eigenvalue weighted by Crippen LogP contribution is 2.26. The molecule has 2 N–H and O–H groups in total. The lowest BCUT2D eigenvalue weighted by atomic mass is 10.1. The van der Waals surface area contributed by atoms with Crippen molar-refractivity contribution in [1.82, 2.24) is 25.1 Å². The second kappa shape index (κ2) is 9.78. The Morgan fingerprint density at radius 2 is 1.81 bits per heavy atom. The Labute approximate surface area is 191 Å². The number of hydrogen-bond donors (Lipinski definition) is 2. The molecule has 2 aromatic heterocycles. The molecule has 0 bridgehead atoms. The highest BCUT2D eigenvalue weighted by Gasteiger charge is 2.16. The number of halogens is 1. The van der Waals surface area contributed by atoms with Gasteiger partial charge in [0.15, 0.2) is 5.65 Å². The molecule has 2 heterocycles. The Bertz CT molecular complexity index is 1210. The van der Waals surface area contributed by atoms with E-state index in [2.05, 4.69) is 29.6 Å². The van der Waals surface area contributed by atoms with Gasteiger partial charge in [0, 0.05) is 29.6 Å². The number of anilines is 1. The van der Waals surface area contributed by atoms with E-state index in [0.717, 1.165) is 29.0 Å². The molecule has 7 nitrogen and oxygen atoms in total. The zero-order valence-electron chi connectivity index (χ0n) is 18.0. The van der Waals surface area contributed by atoms with Crippen molar-refractivity contribution in [2.24, 2.45) is 0 Å². The lowest BCUT2D eigenvalue weighted by molar-refractivity contribution is 0.0955. The topological polar surface area (TPSA) is 84.7 Å². The normalized spacial score (nSPS) is 12.0. The summed E-state index contributed by atoms with van der Waals surface area (Å²) in [4.78, 5) is 21.9. The molecule has 1 amide bonds. The molecule has 0 saturated heterocycles. The highest BCUT2D eigenvalue weighted by atomic mass is 35.5. The van der Waals surface area contributed by atoms with Gasteiger partial charge in [-0.1, -0.05) is 43.6 Å². The standard InChI is InChI=1S/C24H25ClN6O/c1-3-16(2)21-29-22(26-13-14-27-24(32)17-9-11-18(25)12-10-17)20-15-28-31(23(20)30-21)19-7-5-4-6-8-19/h4-12,15-16H,3,13-14H2,1-2H3,(H,27,32)(H,26,29,30). The third-order valence-corrected chi connectivity index (χ3v) is 5.56. The summed E-state index contributed by atoms with van der Waals surface area (Å²) in [5, 5.41) is 12.2. The van der Waals surface area contributed by atoms with Gasteiger partial charge < -0.3 is 10.6 Å². The highest BCUT2D eigenvalue weighted by molar-refractivity contribution is 6.30. The van der Waals surface area contributed by atoms with Crippen molar-refractivity contribution in [3.63, 3.8) is 0 Å². The summed E-state index contributed by atoms with van der Waals surface area (Å²) in [7, 11) is 0. The average molecular weight is 449 g/mol. The molecule has 0 fully saturated rings. The number of amides is 1. The SMILES string of the molecule is CCC(C)c1nc(NCCNC(=O)c2ccc(Cl)cc2)c2cnn(-c3ccccc3)c2n1. The fraction of sp³-hybridized carbons (Fsp3) is 0.250. The molecule has 0 aliphatic rings. The number of rotatable bonds is 8. The summed E-state index contributed by atoms with van der Waals surface area (Å²) in [5.41, 5.74) is 2.27. The zero-order chi connectivity index (χ0) is 22.5. The van der Waals surface area contributed by atoms with Gasteiger partial charge in [0.1, 0.15) is 11.6 Å². The van der Waals surface area contributed by atoms with Gasteiger partial charge in [-0.3, -0.25) is 4.79 Å². The van der Waals surface area contributed by atoms with E-state index in [0.29, 0.717) is 29.5 Å². The Morgan fingerprint density at radius 3 is 2.53 bits per heavy atom. The predicted octanol–water partition coefficient (Wildman–Crippen LogP) is 4.82. The number of para-hydroxylation sites is 1. The van der Waals surface area contributed by atoms with Crippen LogP contribution in [0.25, 0.3) is 16.7 Å². The van der Waals surface area contributed by atoms with E-state index < -0.39 is 0 Å². The van der Waals surface area contributed by atoms with Crippen molar-refractivity contribution in [3.05, 3.63) is 77.2 Å². The molecule has 0 spiro atoms. The molecule has 32 heavy (non-hydrogen) atoms. The monoisotopic (exact) mass is 448 g/mol. The van der Waals surface area contributed by atoms with Crippen LogP contribution in [0, 0.1) is 0 Å². The lowest BCUT2D eigenvalue weighted by Gasteiger charge is -2.13. The van der Waals surface area contributed by atoms with Crippen LogP contribution in [0.2, 0.25) is 5.02 Å². The maximum Gasteiger partial charge on any atom is 0.251 e. The minimum atomic E-state index is -0.145. The number of fused-ring (bicyclic) bond motifs is 1. The summed E-state index contributed by atoms with van der Waals surface area (Å²) in [6.07, 6.45) is 2.71. The van der Waals surface area contributed by atoms with Gasteiger partial charge in [0.05, 0.1) is 17.3 Å². The number of nitrogens with zero attached hydrogens (tertiary/aromatic N) is 4. The second-order valence-electron chi connectivity index (χ2n) is 7.56. The van der Waals surface area contributed by atoms with E-state index >= 15 is 0 Å². The van der Waals surface area contributed by atoms with Gasteiger partial charge in [-0.15, -0.1) is 0 Å². The lowest BCUT2D eigenvalue weighted by Crippen LogP contribution is -2.29. The summed E-state index contributed by atoms with van der Waals surface area (Å²) < 4.78 is 1.83. The molecule has 4 aromatic rings. The molecule has 164 valence electrons. The van der Waals surface area contributed by atoms with E-state index in [9.17, 15) is 4.79 Å². The third kappa shape index (κ3) is 4.73. The number of hydrogen-bond acceptors (Lipinski definition) is 5. The van der Waals surface area contributed by atoms with E-state index in [1.165, 1.54) is 0 Å². The van der Waals surface area contributed by atoms with Gasteiger partial charge in [-0.2, -0.15) is 5.10 Å². The molecule has 4 rings (SSSR count). The van der Waals surface area contributed by atoms with Crippen molar-refractivity contribution in [2.45, 2.75) is 26.2 Å². The van der Waals surface area contributed by atoms with E-state index in [-0.39, 0.29) is 11.8 Å². The average Bonchev–Trinajstić information content (AvgIpc) is 3.26. The van der Waals surface area contributed by atoms with E-state index in [1.54, 1.807) is 30.5 Å². The van der Waals surface area contributed by atoms with Crippen LogP contribution in [0.15, 0.2) is 60.8 Å². The van der Waals surface area contributed by atoms with Gasteiger partial charge in [-0.05, 0) is 42.8 Å². The number of benzene rings is 2. The Morgan fingerprint density at radius 1 is 1.06 bits per heavy atom. The molecule has 1 unspecified atom stereocenters. The molecule has 1 atom stereocenters. The molecule has 0 radical (unpaired) electrons. The van der Waals surface area contributed by atoms with Crippen LogP contribution in [0.1, 0.15) is 42.4 Å². The van der Waals surface area contributed by atoms with Crippen LogP contribution < -0.4 is 10.6 Å². The maximum atomic E-state index is 12.3. The molecule has 2 aromatic carbocycles. The van der Waals surface area contributed by atoms with Crippen LogP contribution >= 0.6 is 11.6 Å². The summed E-state index contributed by atoms with van der Waals surface area (Å²) in [6, 6.07) is 16.7. The second-order valence-corrected chi connectivity index (χ2v) is 7.99. The Balaban J connectivity index is 1.53. The third-order valence-electron chi connectivity index (χ3n) is 5.31. The van der Waals surface area contributed by atoms with Crippen LogP contribution in [0.4, 0.5) is 5.82 Å². The van der Waals surface area contributed by atoms with Crippen LogP contribution in [0.3, 0.4) is 0 Å². The number of aromatic nitrogens is 4. The first-order chi connectivity index (χ1) is 15.6. The fourth-order valence-electron chi connectivity index (χ4n) is 3.28. The molecule has 8 heteroatoms. The van der Waals surface area contributed by atoms with Crippen molar-refractivity contribution < 1.29 is 4.79 Å². The van der Waals surface area contributed by atoms with E-state index in [1.807, 2.05) is 35.0 Å². The first-order valence-corrected chi connectivity index (χ1v) is 11.0. The van der Waals surface area contributed by atoms with Crippen LogP contribution in [0.5, 0.6) is 0 Å². The molecular formula is C24H25ClN6O. The van der Waals surface area contributed by atoms with Gasteiger partial charge in [0.2, 0.25) is 0 Å². The minimum absolute atomic E-state index is 0.145. The van der Waals surface area contributed by atoms with E-state index in [4.69, 9.17) is 21.6 Å². The Kier molecular flexibility index (Phi) is 6.66. The van der Waals surface area contributed by atoms with Crippen LogP contribution in [-0.2, 0) is 0 Å². The van der Waals surface area contributed by atoms with Gasteiger partial charge in [-0.25, -0.2) is 14.6 Å². The van der Waals surface area contributed by atoms with Crippen molar-refractivity contribution in [3.8, 4) is 5.69 Å². The number of carbonyl (C=O) groups excluding carboxylic acids is 1. The van der Waals surface area contributed by atoms with Gasteiger partial charge >= 0.3 is 0 Å². The van der Waals surface area contributed by atoms with Crippen molar-refractivity contribution >= 4 is 34.4 Å².